The SMILES string of the molecule is CC(C)(C)OC(=O)N1CCN(c2ccc(-c3nc(Cl)cc(Cl)n3)cc2)CC1. The van der Waals surface area contributed by atoms with Crippen molar-refractivity contribution < 1.29 is 9.53 Å². The fraction of sp³-hybridized carbons (Fsp3) is 0.421. The Morgan fingerprint density at radius 2 is 1.56 bits per heavy atom. The molecule has 27 heavy (non-hydrogen) atoms. The molecule has 1 amide bonds. The van der Waals surface area contributed by atoms with E-state index in [1.807, 2.05) is 45.0 Å². The minimum absolute atomic E-state index is 0.257. The van der Waals surface area contributed by atoms with Gasteiger partial charge in [0.2, 0.25) is 0 Å². The summed E-state index contributed by atoms with van der Waals surface area (Å²) in [7, 11) is 0. The Labute approximate surface area is 169 Å². The third-order valence-corrected chi connectivity index (χ3v) is 4.47. The molecule has 0 saturated carbocycles. The lowest BCUT2D eigenvalue weighted by Gasteiger charge is -2.36. The normalized spacial score (nSPS) is 15.0. The summed E-state index contributed by atoms with van der Waals surface area (Å²) < 4.78 is 5.44. The van der Waals surface area contributed by atoms with Gasteiger partial charge in [0, 0.05) is 43.5 Å². The average molecular weight is 409 g/mol. The highest BCUT2D eigenvalue weighted by Crippen LogP contribution is 2.24. The van der Waals surface area contributed by atoms with Gasteiger partial charge in [-0.1, -0.05) is 23.2 Å². The Bertz CT molecular complexity index is 793. The molecule has 0 radical (unpaired) electrons. The molecule has 0 unspecified atom stereocenters. The zero-order chi connectivity index (χ0) is 19.6. The smallest absolute Gasteiger partial charge is 0.410 e. The summed E-state index contributed by atoms with van der Waals surface area (Å²) >= 11 is 11.9. The largest absolute Gasteiger partial charge is 0.444 e. The number of piperazine rings is 1. The van der Waals surface area contributed by atoms with Crippen LogP contribution < -0.4 is 4.90 Å². The van der Waals surface area contributed by atoms with E-state index in [0.717, 1.165) is 24.3 Å². The topological polar surface area (TPSA) is 58.6 Å². The van der Waals surface area contributed by atoms with Crippen molar-refractivity contribution in [2.24, 2.45) is 0 Å². The summed E-state index contributed by atoms with van der Waals surface area (Å²) in [5.74, 6) is 0.494. The Hall–Kier alpha value is -2.05. The highest BCUT2D eigenvalue weighted by atomic mass is 35.5. The van der Waals surface area contributed by atoms with Crippen molar-refractivity contribution in [1.29, 1.82) is 0 Å². The van der Waals surface area contributed by atoms with Crippen LogP contribution in [0.1, 0.15) is 20.8 Å². The number of benzene rings is 1. The second-order valence-corrected chi connectivity index (χ2v) is 8.11. The first kappa shape index (κ1) is 19.7. The number of halogens is 2. The Kier molecular flexibility index (Phi) is 5.77. The molecule has 0 spiro atoms. The highest BCUT2D eigenvalue weighted by molar-refractivity contribution is 6.33. The van der Waals surface area contributed by atoms with E-state index in [1.165, 1.54) is 6.07 Å². The van der Waals surface area contributed by atoms with E-state index in [4.69, 9.17) is 27.9 Å². The molecule has 1 aliphatic rings. The molecule has 0 N–H and O–H groups in total. The number of nitrogens with zero attached hydrogens (tertiary/aromatic N) is 4. The standard InChI is InChI=1S/C19H22Cl2N4O2/c1-19(2,3)27-18(26)25-10-8-24(9-11-25)14-6-4-13(5-7-14)17-22-15(20)12-16(21)23-17/h4-7,12H,8-11H2,1-3H3. The fourth-order valence-corrected chi connectivity index (χ4v) is 3.24. The van der Waals surface area contributed by atoms with Gasteiger partial charge in [-0.3, -0.25) is 0 Å². The number of aromatic nitrogens is 2. The van der Waals surface area contributed by atoms with Crippen LogP contribution in [-0.4, -0.2) is 52.7 Å². The van der Waals surface area contributed by atoms with E-state index in [2.05, 4.69) is 14.9 Å². The number of carbonyl (C=O) groups is 1. The maximum absolute atomic E-state index is 12.2. The van der Waals surface area contributed by atoms with Gasteiger partial charge in [-0.2, -0.15) is 0 Å². The van der Waals surface area contributed by atoms with Crippen LogP contribution in [0.2, 0.25) is 10.3 Å². The molecule has 2 heterocycles. The highest BCUT2D eigenvalue weighted by Gasteiger charge is 2.25. The van der Waals surface area contributed by atoms with Crippen LogP contribution in [0.3, 0.4) is 0 Å². The third-order valence-electron chi connectivity index (χ3n) is 4.09. The first-order valence-corrected chi connectivity index (χ1v) is 9.50. The number of rotatable bonds is 2. The van der Waals surface area contributed by atoms with Crippen LogP contribution in [0.15, 0.2) is 30.3 Å². The molecule has 1 fully saturated rings. The first-order chi connectivity index (χ1) is 12.7. The van der Waals surface area contributed by atoms with Gasteiger partial charge in [-0.15, -0.1) is 0 Å². The predicted octanol–water partition coefficient (Wildman–Crippen LogP) is 4.51. The van der Waals surface area contributed by atoms with Gasteiger partial charge >= 0.3 is 6.09 Å². The lowest BCUT2D eigenvalue weighted by molar-refractivity contribution is 0.0240. The van der Waals surface area contributed by atoms with Crippen molar-refractivity contribution in [3.63, 3.8) is 0 Å². The van der Waals surface area contributed by atoms with Gasteiger partial charge in [-0.05, 0) is 45.0 Å². The van der Waals surface area contributed by atoms with Crippen molar-refractivity contribution >= 4 is 35.0 Å². The Morgan fingerprint density at radius 1 is 1.00 bits per heavy atom. The maximum atomic E-state index is 12.2. The summed E-state index contributed by atoms with van der Waals surface area (Å²) in [6.45, 7) is 8.38. The van der Waals surface area contributed by atoms with E-state index in [9.17, 15) is 4.79 Å². The maximum Gasteiger partial charge on any atom is 0.410 e. The number of carbonyl (C=O) groups excluding carboxylic acids is 1. The molecule has 1 aromatic heterocycles. The van der Waals surface area contributed by atoms with E-state index in [-0.39, 0.29) is 6.09 Å². The lowest BCUT2D eigenvalue weighted by atomic mass is 10.1. The second-order valence-electron chi connectivity index (χ2n) is 7.34. The molecule has 6 nitrogen and oxygen atoms in total. The number of hydrogen-bond acceptors (Lipinski definition) is 5. The molecule has 3 rings (SSSR count). The van der Waals surface area contributed by atoms with Gasteiger partial charge in [-0.25, -0.2) is 14.8 Å². The van der Waals surface area contributed by atoms with E-state index >= 15 is 0 Å². The van der Waals surface area contributed by atoms with Gasteiger partial charge in [0.25, 0.3) is 0 Å². The number of hydrogen-bond donors (Lipinski definition) is 0. The number of anilines is 1. The number of ether oxygens (including phenoxy) is 1. The molecule has 8 heteroatoms. The molecule has 2 aromatic rings. The van der Waals surface area contributed by atoms with Crippen molar-refractivity contribution in [2.45, 2.75) is 26.4 Å². The quantitative estimate of drug-likeness (QED) is 0.684. The van der Waals surface area contributed by atoms with Crippen LogP contribution in [0.4, 0.5) is 10.5 Å². The molecular weight excluding hydrogens is 387 g/mol. The summed E-state index contributed by atoms with van der Waals surface area (Å²) in [6.07, 6.45) is -0.257. The number of amides is 1. The van der Waals surface area contributed by atoms with Crippen LogP contribution in [0.25, 0.3) is 11.4 Å². The van der Waals surface area contributed by atoms with E-state index in [0.29, 0.717) is 29.2 Å². The molecule has 0 atom stereocenters. The average Bonchev–Trinajstić information content (AvgIpc) is 2.60. The Balaban J connectivity index is 1.63. The van der Waals surface area contributed by atoms with Crippen LogP contribution >= 0.6 is 23.2 Å². The minimum Gasteiger partial charge on any atom is -0.444 e. The predicted molar refractivity (Wildman–Crippen MR) is 108 cm³/mol. The van der Waals surface area contributed by atoms with Gasteiger partial charge in [0.1, 0.15) is 15.9 Å². The molecule has 0 bridgehead atoms. The molecular formula is C19H22Cl2N4O2. The zero-order valence-electron chi connectivity index (χ0n) is 15.6. The molecule has 144 valence electrons. The van der Waals surface area contributed by atoms with Crippen molar-refractivity contribution in [3.8, 4) is 11.4 Å². The zero-order valence-corrected chi connectivity index (χ0v) is 17.1. The molecule has 1 aromatic carbocycles. The summed E-state index contributed by atoms with van der Waals surface area (Å²) in [5, 5.41) is 0.625. The van der Waals surface area contributed by atoms with E-state index < -0.39 is 5.60 Å². The monoisotopic (exact) mass is 408 g/mol. The molecule has 1 aliphatic heterocycles. The minimum atomic E-state index is -0.477. The Morgan fingerprint density at radius 3 is 2.07 bits per heavy atom. The van der Waals surface area contributed by atoms with Gasteiger partial charge in [0.05, 0.1) is 0 Å². The van der Waals surface area contributed by atoms with Crippen molar-refractivity contribution in [1.82, 2.24) is 14.9 Å². The fourth-order valence-electron chi connectivity index (χ4n) is 2.81. The van der Waals surface area contributed by atoms with Crippen LogP contribution in [-0.2, 0) is 4.74 Å². The molecule has 1 saturated heterocycles. The third kappa shape index (κ3) is 5.23. The van der Waals surface area contributed by atoms with Gasteiger partial charge < -0.3 is 14.5 Å². The van der Waals surface area contributed by atoms with Gasteiger partial charge in [0.15, 0.2) is 5.82 Å². The summed E-state index contributed by atoms with van der Waals surface area (Å²) in [4.78, 5) is 24.5. The van der Waals surface area contributed by atoms with Crippen molar-refractivity contribution in [2.75, 3.05) is 31.1 Å². The summed E-state index contributed by atoms with van der Waals surface area (Å²) in [6, 6.07) is 9.41. The lowest BCUT2D eigenvalue weighted by Crippen LogP contribution is -2.50. The second kappa shape index (κ2) is 7.90. The van der Waals surface area contributed by atoms with Crippen LogP contribution in [0.5, 0.6) is 0 Å². The summed E-state index contributed by atoms with van der Waals surface area (Å²) in [5.41, 5.74) is 1.45. The molecule has 0 aliphatic carbocycles. The van der Waals surface area contributed by atoms with Crippen molar-refractivity contribution in [3.05, 3.63) is 40.6 Å². The van der Waals surface area contributed by atoms with Crippen LogP contribution in [0, 0.1) is 0 Å². The van der Waals surface area contributed by atoms with E-state index in [1.54, 1.807) is 4.90 Å². The first-order valence-electron chi connectivity index (χ1n) is 8.75.